The summed E-state index contributed by atoms with van der Waals surface area (Å²) in [4.78, 5) is 20.8. The number of hydrogen-bond donors (Lipinski definition) is 1. The molecule has 2 aromatic rings. The van der Waals surface area contributed by atoms with Crippen LogP contribution in [-0.4, -0.2) is 22.0 Å². The first-order valence-corrected chi connectivity index (χ1v) is 8.37. The number of pyridine rings is 1. The lowest BCUT2D eigenvalue weighted by molar-refractivity contribution is 0.102. The van der Waals surface area contributed by atoms with Crippen LogP contribution >= 0.6 is 11.3 Å². The molecule has 1 saturated carbocycles. The van der Waals surface area contributed by atoms with E-state index in [4.69, 9.17) is 4.74 Å². The lowest BCUT2D eigenvalue weighted by atomic mass is 10.2. The molecule has 116 valence electrons. The molecule has 0 spiro atoms. The van der Waals surface area contributed by atoms with E-state index in [2.05, 4.69) is 15.3 Å². The summed E-state index contributed by atoms with van der Waals surface area (Å²) < 4.78 is 5.97. The van der Waals surface area contributed by atoms with Crippen LogP contribution in [0.4, 0.5) is 5.13 Å². The van der Waals surface area contributed by atoms with Gasteiger partial charge in [-0.05, 0) is 39.5 Å². The van der Waals surface area contributed by atoms with Gasteiger partial charge in [0, 0.05) is 23.2 Å². The SMILES string of the molecule is Cc1cc(OC2CCCC2)cc(C(=O)Nc2nc(C)cs2)n1. The predicted octanol–water partition coefficient (Wildman–Crippen LogP) is 3.73. The van der Waals surface area contributed by atoms with Crippen LogP contribution in [-0.2, 0) is 0 Å². The summed E-state index contributed by atoms with van der Waals surface area (Å²) in [6.45, 7) is 3.76. The summed E-state index contributed by atoms with van der Waals surface area (Å²) >= 11 is 1.41. The number of thiazole rings is 1. The maximum absolute atomic E-state index is 12.3. The minimum Gasteiger partial charge on any atom is -0.490 e. The summed E-state index contributed by atoms with van der Waals surface area (Å²) in [5.74, 6) is 0.467. The van der Waals surface area contributed by atoms with Crippen molar-refractivity contribution in [2.75, 3.05) is 5.32 Å². The predicted molar refractivity (Wildman–Crippen MR) is 86.7 cm³/mol. The van der Waals surface area contributed by atoms with Gasteiger partial charge in [-0.3, -0.25) is 10.1 Å². The second-order valence-corrected chi connectivity index (χ2v) is 6.46. The van der Waals surface area contributed by atoms with Crippen molar-refractivity contribution >= 4 is 22.4 Å². The van der Waals surface area contributed by atoms with Crippen molar-refractivity contribution in [1.82, 2.24) is 9.97 Å². The number of aryl methyl sites for hydroxylation is 2. The number of aromatic nitrogens is 2. The van der Waals surface area contributed by atoms with Gasteiger partial charge in [0.1, 0.15) is 11.4 Å². The zero-order chi connectivity index (χ0) is 15.5. The Morgan fingerprint density at radius 1 is 1.23 bits per heavy atom. The normalized spacial score (nSPS) is 15.0. The van der Waals surface area contributed by atoms with Gasteiger partial charge >= 0.3 is 0 Å². The van der Waals surface area contributed by atoms with Gasteiger partial charge in [-0.15, -0.1) is 11.3 Å². The van der Waals surface area contributed by atoms with Crippen molar-refractivity contribution in [3.05, 3.63) is 34.6 Å². The van der Waals surface area contributed by atoms with E-state index in [1.54, 1.807) is 6.07 Å². The van der Waals surface area contributed by atoms with E-state index >= 15 is 0 Å². The Hall–Kier alpha value is -1.95. The molecule has 1 N–H and O–H groups in total. The Labute approximate surface area is 133 Å². The average Bonchev–Trinajstić information content (AvgIpc) is 3.10. The van der Waals surface area contributed by atoms with Crippen LogP contribution in [0.25, 0.3) is 0 Å². The van der Waals surface area contributed by atoms with E-state index in [1.807, 2.05) is 25.3 Å². The van der Waals surface area contributed by atoms with Gasteiger partial charge in [0.15, 0.2) is 5.13 Å². The van der Waals surface area contributed by atoms with Crippen LogP contribution in [0.5, 0.6) is 5.75 Å². The first-order chi connectivity index (χ1) is 10.6. The second kappa shape index (κ2) is 6.44. The summed E-state index contributed by atoms with van der Waals surface area (Å²) in [7, 11) is 0. The fourth-order valence-corrected chi connectivity index (χ4v) is 3.28. The van der Waals surface area contributed by atoms with Crippen molar-refractivity contribution in [2.24, 2.45) is 0 Å². The number of carbonyl (C=O) groups is 1. The molecule has 5 nitrogen and oxygen atoms in total. The first-order valence-electron chi connectivity index (χ1n) is 7.49. The van der Waals surface area contributed by atoms with Crippen LogP contribution < -0.4 is 10.1 Å². The van der Waals surface area contributed by atoms with Gasteiger partial charge in [-0.1, -0.05) is 0 Å². The smallest absolute Gasteiger partial charge is 0.276 e. The molecule has 3 rings (SSSR count). The highest BCUT2D eigenvalue weighted by molar-refractivity contribution is 7.13. The monoisotopic (exact) mass is 317 g/mol. The number of carbonyl (C=O) groups excluding carboxylic acids is 1. The van der Waals surface area contributed by atoms with Crippen molar-refractivity contribution in [3.63, 3.8) is 0 Å². The third-order valence-electron chi connectivity index (χ3n) is 3.60. The molecule has 1 aliphatic carbocycles. The van der Waals surface area contributed by atoms with E-state index in [1.165, 1.54) is 24.2 Å². The molecular formula is C16H19N3O2S. The van der Waals surface area contributed by atoms with Crippen LogP contribution in [0.15, 0.2) is 17.5 Å². The summed E-state index contributed by atoms with van der Waals surface area (Å²) in [5.41, 5.74) is 2.03. The number of nitrogens with one attached hydrogen (secondary N) is 1. The van der Waals surface area contributed by atoms with Gasteiger partial charge in [-0.2, -0.15) is 0 Å². The summed E-state index contributed by atoms with van der Waals surface area (Å²) in [6.07, 6.45) is 4.86. The Morgan fingerprint density at radius 2 is 2.00 bits per heavy atom. The molecule has 0 radical (unpaired) electrons. The minimum absolute atomic E-state index is 0.255. The topological polar surface area (TPSA) is 64.1 Å². The van der Waals surface area contributed by atoms with Crippen LogP contribution in [0, 0.1) is 13.8 Å². The molecule has 2 aromatic heterocycles. The maximum atomic E-state index is 12.3. The molecule has 1 amide bonds. The molecule has 1 fully saturated rings. The largest absolute Gasteiger partial charge is 0.490 e. The first kappa shape index (κ1) is 15.0. The van der Waals surface area contributed by atoms with E-state index < -0.39 is 0 Å². The Kier molecular flexibility index (Phi) is 4.38. The molecule has 2 heterocycles. The fraction of sp³-hybridized carbons (Fsp3) is 0.438. The van der Waals surface area contributed by atoms with E-state index in [0.29, 0.717) is 10.8 Å². The van der Waals surface area contributed by atoms with Gasteiger partial charge in [0.2, 0.25) is 0 Å². The third kappa shape index (κ3) is 3.62. The Morgan fingerprint density at radius 3 is 2.68 bits per heavy atom. The number of amides is 1. The van der Waals surface area contributed by atoms with Crippen molar-refractivity contribution < 1.29 is 9.53 Å². The van der Waals surface area contributed by atoms with Crippen molar-refractivity contribution in [1.29, 1.82) is 0 Å². The Bertz CT molecular complexity index is 678. The molecular weight excluding hydrogens is 298 g/mol. The highest BCUT2D eigenvalue weighted by Crippen LogP contribution is 2.25. The molecule has 0 unspecified atom stereocenters. The number of rotatable bonds is 4. The number of ether oxygens (including phenoxy) is 1. The van der Waals surface area contributed by atoms with E-state index in [-0.39, 0.29) is 12.0 Å². The molecule has 22 heavy (non-hydrogen) atoms. The standard InChI is InChI=1S/C16H19N3O2S/c1-10-7-13(21-12-5-3-4-6-12)8-14(17-10)15(20)19-16-18-11(2)9-22-16/h7-9,12H,3-6H2,1-2H3,(H,18,19,20). The van der Waals surface area contributed by atoms with Crippen molar-refractivity contribution in [3.8, 4) is 5.75 Å². The molecule has 1 aliphatic rings. The van der Waals surface area contributed by atoms with Gasteiger partial charge in [0.25, 0.3) is 5.91 Å². The van der Waals surface area contributed by atoms with Crippen molar-refractivity contribution in [2.45, 2.75) is 45.6 Å². The fourth-order valence-electron chi connectivity index (χ4n) is 2.59. The molecule has 0 bridgehead atoms. The zero-order valence-corrected chi connectivity index (χ0v) is 13.6. The number of anilines is 1. The molecule has 0 saturated heterocycles. The Balaban J connectivity index is 1.74. The summed E-state index contributed by atoms with van der Waals surface area (Å²) in [5, 5.41) is 5.26. The highest BCUT2D eigenvalue weighted by Gasteiger charge is 2.18. The van der Waals surface area contributed by atoms with Gasteiger partial charge in [-0.25, -0.2) is 9.97 Å². The molecule has 0 atom stereocenters. The average molecular weight is 317 g/mol. The second-order valence-electron chi connectivity index (χ2n) is 5.60. The third-order valence-corrected chi connectivity index (χ3v) is 4.48. The molecule has 6 heteroatoms. The van der Waals surface area contributed by atoms with Crippen LogP contribution in [0.3, 0.4) is 0 Å². The summed E-state index contributed by atoms with van der Waals surface area (Å²) in [6, 6.07) is 3.59. The quantitative estimate of drug-likeness (QED) is 0.933. The van der Waals surface area contributed by atoms with E-state index in [9.17, 15) is 4.79 Å². The maximum Gasteiger partial charge on any atom is 0.276 e. The number of hydrogen-bond acceptors (Lipinski definition) is 5. The van der Waals surface area contributed by atoms with E-state index in [0.717, 1.165) is 30.0 Å². The lowest BCUT2D eigenvalue weighted by Crippen LogP contribution is -2.16. The van der Waals surface area contributed by atoms with Gasteiger partial charge in [0.05, 0.1) is 11.8 Å². The molecule has 0 aliphatic heterocycles. The zero-order valence-electron chi connectivity index (χ0n) is 12.8. The lowest BCUT2D eigenvalue weighted by Gasteiger charge is -2.14. The van der Waals surface area contributed by atoms with Gasteiger partial charge < -0.3 is 4.74 Å². The highest BCUT2D eigenvalue weighted by atomic mass is 32.1. The van der Waals surface area contributed by atoms with Crippen LogP contribution in [0.2, 0.25) is 0 Å². The number of nitrogens with zero attached hydrogens (tertiary/aromatic N) is 2. The molecule has 0 aromatic carbocycles. The van der Waals surface area contributed by atoms with Crippen LogP contribution in [0.1, 0.15) is 47.6 Å². The minimum atomic E-state index is -0.255.